The van der Waals surface area contributed by atoms with Crippen LogP contribution in [0.5, 0.6) is 0 Å². The Morgan fingerprint density at radius 3 is 1.97 bits per heavy atom. The van der Waals surface area contributed by atoms with E-state index in [0.717, 1.165) is 11.1 Å². The number of rotatable bonds is 2. The summed E-state index contributed by atoms with van der Waals surface area (Å²) in [5.74, 6) is 6.69. The SMILES string of the molecule is C/C(=C\c1ccccc1)c1ccccc1C#Cc1ccc(C(C)(C)C)cc1.C=C. The van der Waals surface area contributed by atoms with Crippen molar-refractivity contribution in [3.05, 3.63) is 120 Å². The highest BCUT2D eigenvalue weighted by atomic mass is 14.2. The molecule has 0 radical (unpaired) electrons. The summed E-state index contributed by atoms with van der Waals surface area (Å²) < 4.78 is 0. The first kappa shape index (κ1) is 22.0. The van der Waals surface area contributed by atoms with Gasteiger partial charge in [-0.2, -0.15) is 0 Å². The molecule has 146 valence electrons. The van der Waals surface area contributed by atoms with Crippen molar-refractivity contribution in [3.63, 3.8) is 0 Å². The lowest BCUT2D eigenvalue weighted by Gasteiger charge is -2.18. The molecule has 3 rings (SSSR count). The maximum absolute atomic E-state index is 3.36. The predicted octanol–water partition coefficient (Wildman–Crippen LogP) is 7.75. The molecule has 0 saturated heterocycles. The zero-order valence-electron chi connectivity index (χ0n) is 18.0. The molecular formula is C29H30. The molecule has 29 heavy (non-hydrogen) atoms. The van der Waals surface area contributed by atoms with Crippen LogP contribution in [0.2, 0.25) is 0 Å². The monoisotopic (exact) mass is 378 g/mol. The normalized spacial score (nSPS) is 11.0. The lowest BCUT2D eigenvalue weighted by molar-refractivity contribution is 0.590. The van der Waals surface area contributed by atoms with Crippen molar-refractivity contribution in [1.82, 2.24) is 0 Å². The van der Waals surface area contributed by atoms with Gasteiger partial charge in [0.2, 0.25) is 0 Å². The first-order valence-electron chi connectivity index (χ1n) is 9.89. The second kappa shape index (κ2) is 10.3. The van der Waals surface area contributed by atoms with Gasteiger partial charge in [0.1, 0.15) is 0 Å². The van der Waals surface area contributed by atoms with E-state index in [9.17, 15) is 0 Å². The first-order chi connectivity index (χ1) is 13.9. The van der Waals surface area contributed by atoms with Gasteiger partial charge in [-0.1, -0.05) is 99.4 Å². The summed E-state index contributed by atoms with van der Waals surface area (Å²) in [5.41, 5.74) is 7.20. The Labute approximate surface area is 176 Å². The van der Waals surface area contributed by atoms with E-state index in [2.05, 4.69) is 125 Å². The van der Waals surface area contributed by atoms with Crippen LogP contribution >= 0.6 is 0 Å². The predicted molar refractivity (Wildman–Crippen MR) is 129 cm³/mol. The summed E-state index contributed by atoms with van der Waals surface area (Å²) in [6.07, 6.45) is 2.21. The van der Waals surface area contributed by atoms with Crippen molar-refractivity contribution in [1.29, 1.82) is 0 Å². The highest BCUT2D eigenvalue weighted by molar-refractivity contribution is 5.82. The average Bonchev–Trinajstić information content (AvgIpc) is 2.74. The molecule has 0 spiro atoms. The van der Waals surface area contributed by atoms with E-state index in [-0.39, 0.29) is 5.41 Å². The molecule has 0 heterocycles. The summed E-state index contributed by atoms with van der Waals surface area (Å²) >= 11 is 0. The molecule has 3 aromatic carbocycles. The second-order valence-electron chi connectivity index (χ2n) is 7.86. The van der Waals surface area contributed by atoms with Crippen LogP contribution in [0.25, 0.3) is 11.6 Å². The van der Waals surface area contributed by atoms with E-state index in [1.807, 2.05) is 12.1 Å². The van der Waals surface area contributed by atoms with E-state index in [1.165, 1.54) is 22.3 Å². The standard InChI is InChI=1S/C27H26.C2H4/c1-21(20-23-10-6-5-7-11-23)26-13-9-8-12-24(26)17-14-22-15-18-25(19-16-22)27(2,3)4;1-2/h5-13,15-16,18-20H,1-4H3;1-2H2/b21-20+;. The summed E-state index contributed by atoms with van der Waals surface area (Å²) in [5, 5.41) is 0. The molecule has 0 aliphatic heterocycles. The molecule has 0 fully saturated rings. The fourth-order valence-corrected chi connectivity index (χ4v) is 3.01. The third-order valence-corrected chi connectivity index (χ3v) is 4.63. The van der Waals surface area contributed by atoms with Crippen LogP contribution in [0.15, 0.2) is 92.0 Å². The Morgan fingerprint density at radius 1 is 0.759 bits per heavy atom. The number of hydrogen-bond acceptors (Lipinski definition) is 0. The minimum atomic E-state index is 0.165. The minimum Gasteiger partial charge on any atom is -0.106 e. The Bertz CT molecular complexity index is 1000. The van der Waals surface area contributed by atoms with Crippen molar-refractivity contribution < 1.29 is 0 Å². The molecule has 0 N–H and O–H groups in total. The zero-order valence-corrected chi connectivity index (χ0v) is 18.0. The van der Waals surface area contributed by atoms with Crippen molar-refractivity contribution in [2.45, 2.75) is 33.1 Å². The number of hydrogen-bond donors (Lipinski definition) is 0. The number of allylic oxidation sites excluding steroid dienone is 1. The van der Waals surface area contributed by atoms with Crippen LogP contribution in [0.1, 0.15) is 55.5 Å². The second-order valence-corrected chi connectivity index (χ2v) is 7.86. The Balaban J connectivity index is 0.00000145. The average molecular weight is 379 g/mol. The molecule has 0 atom stereocenters. The summed E-state index contributed by atoms with van der Waals surface area (Å²) in [6, 6.07) is 27.3. The topological polar surface area (TPSA) is 0 Å². The highest BCUT2D eigenvalue weighted by Gasteiger charge is 2.12. The fourth-order valence-electron chi connectivity index (χ4n) is 3.01. The van der Waals surface area contributed by atoms with Gasteiger partial charge in [-0.25, -0.2) is 0 Å². The molecule has 0 amide bonds. The molecular weight excluding hydrogens is 348 g/mol. The van der Waals surface area contributed by atoms with E-state index in [0.29, 0.717) is 0 Å². The van der Waals surface area contributed by atoms with Crippen molar-refractivity contribution in [2.24, 2.45) is 0 Å². The van der Waals surface area contributed by atoms with Gasteiger partial charge in [0.05, 0.1) is 0 Å². The Kier molecular flexibility index (Phi) is 7.81. The quantitative estimate of drug-likeness (QED) is 0.243. The van der Waals surface area contributed by atoms with Crippen LogP contribution in [-0.4, -0.2) is 0 Å². The molecule has 0 unspecified atom stereocenters. The smallest absolute Gasteiger partial charge is 0.0324 e. The highest BCUT2D eigenvalue weighted by Crippen LogP contribution is 2.23. The van der Waals surface area contributed by atoms with Gasteiger partial charge in [-0.3, -0.25) is 0 Å². The summed E-state index contributed by atoms with van der Waals surface area (Å²) in [7, 11) is 0. The maximum atomic E-state index is 3.36. The van der Waals surface area contributed by atoms with Gasteiger partial charge in [0.25, 0.3) is 0 Å². The molecule has 0 bridgehead atoms. The van der Waals surface area contributed by atoms with Gasteiger partial charge < -0.3 is 0 Å². The van der Waals surface area contributed by atoms with E-state index >= 15 is 0 Å². The van der Waals surface area contributed by atoms with Crippen LogP contribution in [0.4, 0.5) is 0 Å². The molecule has 0 aliphatic carbocycles. The van der Waals surface area contributed by atoms with E-state index < -0.39 is 0 Å². The Morgan fingerprint density at radius 2 is 1.34 bits per heavy atom. The van der Waals surface area contributed by atoms with Gasteiger partial charge in [-0.05, 0) is 52.8 Å². The molecule has 0 heteroatoms. The molecule has 0 aliphatic rings. The fraction of sp³-hybridized carbons (Fsp3) is 0.172. The van der Waals surface area contributed by atoms with Crippen LogP contribution < -0.4 is 0 Å². The van der Waals surface area contributed by atoms with Crippen molar-refractivity contribution in [2.75, 3.05) is 0 Å². The lowest BCUT2D eigenvalue weighted by Crippen LogP contribution is -2.10. The van der Waals surface area contributed by atoms with E-state index in [4.69, 9.17) is 0 Å². The zero-order chi connectivity index (χ0) is 21.3. The molecule has 0 nitrogen and oxygen atoms in total. The van der Waals surface area contributed by atoms with Crippen LogP contribution in [0, 0.1) is 11.8 Å². The first-order valence-corrected chi connectivity index (χ1v) is 9.89. The lowest BCUT2D eigenvalue weighted by atomic mass is 9.87. The summed E-state index contributed by atoms with van der Waals surface area (Å²) in [6.45, 7) is 14.8. The molecule has 0 saturated carbocycles. The van der Waals surface area contributed by atoms with Crippen molar-refractivity contribution in [3.8, 4) is 11.8 Å². The van der Waals surface area contributed by atoms with Gasteiger partial charge in [0.15, 0.2) is 0 Å². The van der Waals surface area contributed by atoms with Gasteiger partial charge >= 0.3 is 0 Å². The third kappa shape index (κ3) is 6.37. The van der Waals surface area contributed by atoms with Gasteiger partial charge in [0, 0.05) is 11.1 Å². The summed E-state index contributed by atoms with van der Waals surface area (Å²) in [4.78, 5) is 0. The largest absolute Gasteiger partial charge is 0.106 e. The van der Waals surface area contributed by atoms with E-state index in [1.54, 1.807) is 0 Å². The van der Waals surface area contributed by atoms with Crippen LogP contribution in [-0.2, 0) is 5.41 Å². The maximum Gasteiger partial charge on any atom is 0.0324 e. The molecule has 3 aromatic rings. The Hall–Kier alpha value is -3.30. The third-order valence-electron chi connectivity index (χ3n) is 4.63. The minimum absolute atomic E-state index is 0.165. The van der Waals surface area contributed by atoms with Crippen molar-refractivity contribution >= 4 is 11.6 Å². The molecule has 0 aromatic heterocycles. The van der Waals surface area contributed by atoms with Crippen LogP contribution in [0.3, 0.4) is 0 Å². The van der Waals surface area contributed by atoms with Gasteiger partial charge in [-0.15, -0.1) is 13.2 Å². The number of benzene rings is 3.